The summed E-state index contributed by atoms with van der Waals surface area (Å²) in [5.74, 6) is 0.753. The summed E-state index contributed by atoms with van der Waals surface area (Å²) in [5.41, 5.74) is 2.27. The predicted octanol–water partition coefficient (Wildman–Crippen LogP) is 1.11. The number of hydrogen-bond acceptors (Lipinski definition) is 8. The lowest BCUT2D eigenvalue weighted by Crippen LogP contribution is -2.30. The molecule has 0 aliphatic carbocycles. The second kappa shape index (κ2) is 8.98. The van der Waals surface area contributed by atoms with Crippen LogP contribution in [0.15, 0.2) is 35.4 Å². The number of ether oxygens (including phenoxy) is 1. The van der Waals surface area contributed by atoms with Crippen LogP contribution in [0, 0.1) is 6.92 Å². The van der Waals surface area contributed by atoms with E-state index >= 15 is 0 Å². The Bertz CT molecular complexity index is 1420. The first-order valence-electron chi connectivity index (χ1n) is 9.91. The first-order chi connectivity index (χ1) is 15.3. The van der Waals surface area contributed by atoms with Gasteiger partial charge in [-0.3, -0.25) is 4.57 Å². The largest absolute Gasteiger partial charge is 0.497 e. The van der Waals surface area contributed by atoms with Gasteiger partial charge in [-0.15, -0.1) is 11.3 Å². The molecule has 0 aliphatic heterocycles. The van der Waals surface area contributed by atoms with Crippen LogP contribution in [-0.4, -0.2) is 54.0 Å². The minimum absolute atomic E-state index is 0.251. The van der Waals surface area contributed by atoms with Crippen LogP contribution in [-0.2, 0) is 23.1 Å². The molecule has 3 aromatic heterocycles. The zero-order valence-corrected chi connectivity index (χ0v) is 19.6. The number of nitrogens with zero attached hydrogens (tertiary/aromatic N) is 4. The van der Waals surface area contributed by atoms with E-state index in [0.29, 0.717) is 31.8 Å². The van der Waals surface area contributed by atoms with Gasteiger partial charge in [0, 0.05) is 24.5 Å². The highest BCUT2D eigenvalue weighted by molar-refractivity contribution is 7.88. The number of aryl methyl sites for hydroxylation is 1. The number of rotatable bonds is 9. The summed E-state index contributed by atoms with van der Waals surface area (Å²) >= 11 is 1.53. The lowest BCUT2D eigenvalue weighted by atomic mass is 10.2. The number of nitrogens with one attached hydrogen (secondary N) is 2. The Balaban J connectivity index is 1.68. The molecule has 0 fully saturated rings. The highest BCUT2D eigenvalue weighted by Gasteiger charge is 2.19. The fraction of sp³-hybridized carbons (Fsp3) is 0.350. The standard InChI is InChI=1S/C20H24N6O4S2/c1-13-16(10-21-8-9-24-32(3,28)29)31-19-17(13)18-22-12-23-26(18)20(27)25(19)11-14-4-6-15(30-2)7-5-14/h4-7,12,21,24H,8-11H2,1-3H3. The Morgan fingerprint density at radius 2 is 1.94 bits per heavy atom. The molecule has 0 aliphatic rings. The molecule has 0 saturated carbocycles. The Labute approximate surface area is 188 Å². The van der Waals surface area contributed by atoms with E-state index in [1.165, 1.54) is 22.2 Å². The average Bonchev–Trinajstić information content (AvgIpc) is 3.35. The molecular weight excluding hydrogens is 452 g/mol. The summed E-state index contributed by atoms with van der Waals surface area (Å²) < 4.78 is 33.1. The number of hydrogen-bond donors (Lipinski definition) is 2. The molecule has 10 nitrogen and oxygen atoms in total. The zero-order chi connectivity index (χ0) is 22.9. The molecule has 0 radical (unpaired) electrons. The van der Waals surface area contributed by atoms with E-state index in [2.05, 4.69) is 20.1 Å². The van der Waals surface area contributed by atoms with Crippen molar-refractivity contribution < 1.29 is 13.2 Å². The van der Waals surface area contributed by atoms with Gasteiger partial charge in [0.15, 0.2) is 5.65 Å². The maximum Gasteiger partial charge on any atom is 0.352 e. The van der Waals surface area contributed by atoms with E-state index in [1.54, 1.807) is 11.7 Å². The van der Waals surface area contributed by atoms with Crippen molar-refractivity contribution in [1.29, 1.82) is 0 Å². The van der Waals surface area contributed by atoms with E-state index in [4.69, 9.17) is 4.74 Å². The van der Waals surface area contributed by atoms with Crippen molar-refractivity contribution in [2.45, 2.75) is 20.0 Å². The molecule has 4 aromatic rings. The van der Waals surface area contributed by atoms with Crippen LogP contribution in [0.2, 0.25) is 0 Å². The summed E-state index contributed by atoms with van der Waals surface area (Å²) in [6.07, 6.45) is 2.52. The van der Waals surface area contributed by atoms with Crippen molar-refractivity contribution in [2.24, 2.45) is 0 Å². The third-order valence-electron chi connectivity index (χ3n) is 5.11. The van der Waals surface area contributed by atoms with Gasteiger partial charge in [-0.2, -0.15) is 9.61 Å². The van der Waals surface area contributed by atoms with Gasteiger partial charge >= 0.3 is 5.69 Å². The van der Waals surface area contributed by atoms with Gasteiger partial charge in [0.05, 0.1) is 25.3 Å². The van der Waals surface area contributed by atoms with E-state index in [1.807, 2.05) is 31.2 Å². The van der Waals surface area contributed by atoms with Gasteiger partial charge in [-0.25, -0.2) is 22.9 Å². The average molecular weight is 477 g/mol. The van der Waals surface area contributed by atoms with Gasteiger partial charge in [0.1, 0.15) is 16.9 Å². The molecule has 3 heterocycles. The van der Waals surface area contributed by atoms with Crippen molar-refractivity contribution >= 4 is 37.2 Å². The van der Waals surface area contributed by atoms with Crippen LogP contribution < -0.4 is 20.5 Å². The summed E-state index contributed by atoms with van der Waals surface area (Å²) in [5, 5.41) is 8.28. The molecule has 4 rings (SSSR count). The van der Waals surface area contributed by atoms with Crippen LogP contribution in [0.4, 0.5) is 0 Å². The number of sulfonamides is 1. The summed E-state index contributed by atoms with van der Waals surface area (Å²) in [6.45, 7) is 3.73. The van der Waals surface area contributed by atoms with Crippen LogP contribution >= 0.6 is 11.3 Å². The third kappa shape index (κ3) is 4.53. The van der Waals surface area contributed by atoms with Crippen LogP contribution in [0.3, 0.4) is 0 Å². The monoisotopic (exact) mass is 476 g/mol. The van der Waals surface area contributed by atoms with Crippen molar-refractivity contribution in [2.75, 3.05) is 26.5 Å². The molecule has 170 valence electrons. The van der Waals surface area contributed by atoms with Crippen LogP contribution in [0.1, 0.15) is 16.0 Å². The quantitative estimate of drug-likeness (QED) is 0.347. The van der Waals surface area contributed by atoms with Crippen molar-refractivity contribution in [3.8, 4) is 5.75 Å². The van der Waals surface area contributed by atoms with Gasteiger partial charge in [0.25, 0.3) is 0 Å². The highest BCUT2D eigenvalue weighted by atomic mass is 32.2. The number of benzene rings is 1. The van der Waals surface area contributed by atoms with E-state index in [0.717, 1.165) is 38.2 Å². The number of aromatic nitrogens is 4. The zero-order valence-electron chi connectivity index (χ0n) is 18.0. The minimum Gasteiger partial charge on any atom is -0.497 e. The van der Waals surface area contributed by atoms with Gasteiger partial charge < -0.3 is 10.1 Å². The molecule has 1 aromatic carbocycles. The molecule has 0 saturated heterocycles. The molecular formula is C20H24N6O4S2. The lowest BCUT2D eigenvalue weighted by molar-refractivity contribution is 0.414. The topological polar surface area (TPSA) is 120 Å². The van der Waals surface area contributed by atoms with Crippen molar-refractivity contribution in [1.82, 2.24) is 29.2 Å². The first kappa shape index (κ1) is 22.4. The number of methoxy groups -OCH3 is 1. The highest BCUT2D eigenvalue weighted by Crippen LogP contribution is 2.32. The molecule has 32 heavy (non-hydrogen) atoms. The molecule has 0 unspecified atom stereocenters. The fourth-order valence-electron chi connectivity index (χ4n) is 3.50. The second-order valence-electron chi connectivity index (χ2n) is 7.39. The molecule has 0 bridgehead atoms. The summed E-state index contributed by atoms with van der Waals surface area (Å²) in [4.78, 5) is 19.4. The normalized spacial score (nSPS) is 12.1. The van der Waals surface area contributed by atoms with Crippen molar-refractivity contribution in [3.05, 3.63) is 57.1 Å². The molecule has 0 atom stereocenters. The Morgan fingerprint density at radius 1 is 1.19 bits per heavy atom. The van der Waals surface area contributed by atoms with E-state index < -0.39 is 10.0 Å². The van der Waals surface area contributed by atoms with E-state index in [9.17, 15) is 13.2 Å². The smallest absolute Gasteiger partial charge is 0.352 e. The molecule has 12 heteroatoms. The first-order valence-corrected chi connectivity index (χ1v) is 12.6. The molecule has 2 N–H and O–H groups in total. The molecule has 0 amide bonds. The van der Waals surface area contributed by atoms with Gasteiger partial charge in [-0.1, -0.05) is 12.1 Å². The maximum atomic E-state index is 13.2. The van der Waals surface area contributed by atoms with Crippen LogP contribution in [0.5, 0.6) is 5.75 Å². The Morgan fingerprint density at radius 3 is 2.62 bits per heavy atom. The fourth-order valence-corrected chi connectivity index (χ4v) is 5.23. The van der Waals surface area contributed by atoms with Gasteiger partial charge in [0.2, 0.25) is 10.0 Å². The van der Waals surface area contributed by atoms with Gasteiger partial charge in [-0.05, 0) is 30.2 Å². The Hall–Kier alpha value is -2.80. The van der Waals surface area contributed by atoms with Crippen molar-refractivity contribution in [3.63, 3.8) is 0 Å². The molecule has 0 spiro atoms. The maximum absolute atomic E-state index is 13.2. The number of thiophene rings is 1. The SMILES string of the molecule is COc1ccc(Cn2c(=O)n3ncnc3c3c(C)c(CNCCNS(C)(=O)=O)sc32)cc1. The third-order valence-corrected chi connectivity index (χ3v) is 7.15. The summed E-state index contributed by atoms with van der Waals surface area (Å²) in [6, 6.07) is 7.59. The minimum atomic E-state index is -3.21. The lowest BCUT2D eigenvalue weighted by Gasteiger charge is -2.09. The number of fused-ring (bicyclic) bond motifs is 3. The summed E-state index contributed by atoms with van der Waals surface area (Å²) in [7, 11) is -1.60. The second-order valence-corrected chi connectivity index (χ2v) is 10.3. The predicted molar refractivity (Wildman–Crippen MR) is 124 cm³/mol. The Kier molecular flexibility index (Phi) is 6.29. The van der Waals surface area contributed by atoms with E-state index in [-0.39, 0.29) is 5.69 Å². The van der Waals surface area contributed by atoms with Crippen LogP contribution in [0.25, 0.3) is 15.9 Å².